The number of halogens is 4. The quantitative estimate of drug-likeness (QED) is 0.243. The first-order chi connectivity index (χ1) is 17.2. The summed E-state index contributed by atoms with van der Waals surface area (Å²) in [5, 5.41) is 7.98. The lowest BCUT2D eigenvalue weighted by molar-refractivity contribution is -0.123. The summed E-state index contributed by atoms with van der Waals surface area (Å²) in [5.74, 6) is -1.77. The first kappa shape index (κ1) is 27.5. The molecule has 0 aliphatic carbocycles. The molecule has 0 spiro atoms. The van der Waals surface area contributed by atoms with Crippen LogP contribution in [0.4, 0.5) is 4.39 Å². The van der Waals surface area contributed by atoms with Gasteiger partial charge in [-0.1, -0.05) is 66.8 Å². The normalized spacial score (nSPS) is 12.0. The van der Waals surface area contributed by atoms with Crippen molar-refractivity contribution >= 4 is 52.8 Å². The molecule has 0 bridgehead atoms. The summed E-state index contributed by atoms with van der Waals surface area (Å²) in [6.45, 7) is 3.67. The van der Waals surface area contributed by atoms with E-state index in [1.807, 2.05) is 0 Å². The number of nitrogens with one attached hydrogen (secondary N) is 2. The summed E-state index contributed by atoms with van der Waals surface area (Å²) >= 11 is 18.3. The average molecular weight is 551 g/mol. The molecule has 2 N–H and O–H groups in total. The molecule has 2 amide bonds. The molecule has 0 aliphatic heterocycles. The fraction of sp³-hybridized carbons (Fsp3) is 0.192. The molecule has 6 nitrogen and oxygen atoms in total. The first-order valence-electron chi connectivity index (χ1n) is 10.9. The van der Waals surface area contributed by atoms with Crippen LogP contribution in [0.3, 0.4) is 0 Å². The van der Waals surface area contributed by atoms with Crippen molar-refractivity contribution in [1.82, 2.24) is 10.7 Å². The molecule has 0 saturated carbocycles. The van der Waals surface area contributed by atoms with Gasteiger partial charge in [0.1, 0.15) is 24.2 Å². The summed E-state index contributed by atoms with van der Waals surface area (Å²) in [5.41, 5.74) is 3.49. The van der Waals surface area contributed by atoms with E-state index in [1.165, 1.54) is 30.5 Å². The van der Waals surface area contributed by atoms with Crippen molar-refractivity contribution in [1.29, 1.82) is 0 Å². The van der Waals surface area contributed by atoms with Crippen molar-refractivity contribution in [2.24, 2.45) is 11.0 Å². The van der Waals surface area contributed by atoms with Crippen molar-refractivity contribution in [3.8, 4) is 5.75 Å². The summed E-state index contributed by atoms with van der Waals surface area (Å²) in [4.78, 5) is 25.2. The molecule has 1 unspecified atom stereocenters. The van der Waals surface area contributed by atoms with Crippen molar-refractivity contribution in [2.45, 2.75) is 26.5 Å². The van der Waals surface area contributed by atoms with E-state index in [9.17, 15) is 14.0 Å². The van der Waals surface area contributed by atoms with Gasteiger partial charge in [0, 0.05) is 26.2 Å². The Labute approximate surface area is 223 Å². The van der Waals surface area contributed by atoms with Gasteiger partial charge in [-0.2, -0.15) is 5.10 Å². The lowest BCUT2D eigenvalue weighted by Gasteiger charge is -2.20. The van der Waals surface area contributed by atoms with Crippen LogP contribution in [0.15, 0.2) is 65.8 Å². The second-order valence-corrected chi connectivity index (χ2v) is 9.40. The fourth-order valence-electron chi connectivity index (χ4n) is 3.18. The zero-order valence-electron chi connectivity index (χ0n) is 19.4. The number of hydrogen-bond acceptors (Lipinski definition) is 4. The summed E-state index contributed by atoms with van der Waals surface area (Å²) in [6.07, 6.45) is 1.37. The number of benzene rings is 3. The molecule has 1 atom stereocenters. The molecular formula is C26H23Cl3FN3O3. The Kier molecular flexibility index (Phi) is 9.70. The van der Waals surface area contributed by atoms with E-state index in [1.54, 1.807) is 50.2 Å². The van der Waals surface area contributed by atoms with Gasteiger partial charge in [0.15, 0.2) is 0 Å². The number of hydrogen-bond donors (Lipinski definition) is 2. The first-order valence-corrected chi connectivity index (χ1v) is 12.0. The topological polar surface area (TPSA) is 79.8 Å². The maximum Gasteiger partial charge on any atom is 0.262 e. The van der Waals surface area contributed by atoms with E-state index in [0.717, 1.165) is 5.56 Å². The van der Waals surface area contributed by atoms with Gasteiger partial charge in [0.25, 0.3) is 11.8 Å². The molecule has 0 radical (unpaired) electrons. The highest BCUT2D eigenvalue weighted by atomic mass is 35.5. The highest BCUT2D eigenvalue weighted by molar-refractivity contribution is 6.35. The van der Waals surface area contributed by atoms with Gasteiger partial charge in [-0.3, -0.25) is 9.59 Å². The molecular weight excluding hydrogens is 528 g/mol. The largest absolute Gasteiger partial charge is 0.488 e. The molecule has 0 aliphatic rings. The third-order valence-electron chi connectivity index (χ3n) is 5.10. The second kappa shape index (κ2) is 12.7. The van der Waals surface area contributed by atoms with Crippen molar-refractivity contribution in [3.05, 3.63) is 98.2 Å². The maximum absolute atomic E-state index is 13.9. The average Bonchev–Trinajstić information content (AvgIpc) is 2.82. The molecule has 3 aromatic rings. The van der Waals surface area contributed by atoms with Crippen LogP contribution in [0.2, 0.25) is 15.1 Å². The van der Waals surface area contributed by atoms with Gasteiger partial charge in [-0.05, 0) is 48.4 Å². The molecule has 3 aromatic carbocycles. The lowest BCUT2D eigenvalue weighted by Crippen LogP contribution is -2.48. The minimum absolute atomic E-state index is 0.152. The Bertz CT molecular complexity index is 1280. The van der Waals surface area contributed by atoms with Gasteiger partial charge in [0.05, 0.1) is 11.8 Å². The lowest BCUT2D eigenvalue weighted by atomic mass is 10.0. The van der Waals surface area contributed by atoms with Gasteiger partial charge < -0.3 is 10.1 Å². The van der Waals surface area contributed by atoms with Crippen molar-refractivity contribution < 1.29 is 18.7 Å². The zero-order chi connectivity index (χ0) is 26.2. The number of ether oxygens (including phenoxy) is 1. The molecule has 36 heavy (non-hydrogen) atoms. The van der Waals surface area contributed by atoms with E-state index in [0.29, 0.717) is 26.4 Å². The van der Waals surface area contributed by atoms with Gasteiger partial charge in [0.2, 0.25) is 0 Å². The number of hydrazone groups is 1. The zero-order valence-corrected chi connectivity index (χ0v) is 21.7. The molecule has 0 heterocycles. The van der Waals surface area contributed by atoms with Gasteiger partial charge in [-0.15, -0.1) is 0 Å². The third-order valence-corrected chi connectivity index (χ3v) is 5.92. The monoisotopic (exact) mass is 549 g/mol. The molecule has 188 valence electrons. The standard InChI is InChI=1S/C26H23Cl3FN3O3/c1-15(2)24(32-25(34)20-5-3-4-6-22(20)30)26(35)33-31-13-17-11-18(27)9-10-23(17)36-14-16-7-8-19(28)12-21(16)29/h3-13,15,24H,14H2,1-2H3,(H,32,34)(H,33,35)/b31-13+. The molecule has 3 rings (SSSR count). The van der Waals surface area contributed by atoms with Crippen molar-refractivity contribution in [2.75, 3.05) is 0 Å². The molecule has 0 saturated heterocycles. The molecule has 0 aromatic heterocycles. The summed E-state index contributed by atoms with van der Waals surface area (Å²) in [7, 11) is 0. The van der Waals surface area contributed by atoms with Crippen LogP contribution in [0.1, 0.15) is 35.3 Å². The number of carbonyl (C=O) groups is 2. The highest BCUT2D eigenvalue weighted by Gasteiger charge is 2.25. The van der Waals surface area contributed by atoms with Crippen LogP contribution >= 0.6 is 34.8 Å². The van der Waals surface area contributed by atoms with Crippen LogP contribution in [0, 0.1) is 11.7 Å². The number of rotatable bonds is 9. The molecule has 10 heteroatoms. The van der Waals surface area contributed by atoms with Crippen molar-refractivity contribution in [3.63, 3.8) is 0 Å². The SMILES string of the molecule is CC(C)C(NC(=O)c1ccccc1F)C(=O)N/N=C/c1cc(Cl)ccc1OCc1ccc(Cl)cc1Cl. The summed E-state index contributed by atoms with van der Waals surface area (Å²) < 4.78 is 19.8. The van der Waals surface area contributed by atoms with Crippen LogP contribution < -0.4 is 15.5 Å². The van der Waals surface area contributed by atoms with E-state index < -0.39 is 23.7 Å². The van der Waals surface area contributed by atoms with E-state index >= 15 is 0 Å². The van der Waals surface area contributed by atoms with Gasteiger partial charge in [-0.25, -0.2) is 9.82 Å². The fourth-order valence-corrected chi connectivity index (χ4v) is 3.82. The van der Waals surface area contributed by atoms with E-state index in [4.69, 9.17) is 39.5 Å². The summed E-state index contributed by atoms with van der Waals surface area (Å²) in [6, 6.07) is 14.6. The predicted molar refractivity (Wildman–Crippen MR) is 140 cm³/mol. The van der Waals surface area contributed by atoms with Crippen LogP contribution in [-0.4, -0.2) is 24.1 Å². The number of carbonyl (C=O) groups excluding carboxylic acids is 2. The van der Waals surface area contributed by atoms with Crippen LogP contribution in [0.25, 0.3) is 0 Å². The minimum Gasteiger partial charge on any atom is -0.488 e. The Morgan fingerprint density at radius 3 is 2.42 bits per heavy atom. The Hall–Kier alpha value is -3.13. The maximum atomic E-state index is 13.9. The van der Waals surface area contributed by atoms with E-state index in [-0.39, 0.29) is 18.1 Å². The predicted octanol–water partition coefficient (Wildman–Crippen LogP) is 6.27. The van der Waals surface area contributed by atoms with Gasteiger partial charge >= 0.3 is 0 Å². The smallest absolute Gasteiger partial charge is 0.262 e. The number of amides is 2. The Morgan fingerprint density at radius 1 is 1.03 bits per heavy atom. The third kappa shape index (κ3) is 7.43. The van der Waals surface area contributed by atoms with E-state index in [2.05, 4.69) is 15.8 Å². The molecule has 0 fully saturated rings. The Balaban J connectivity index is 1.68. The number of nitrogens with zero attached hydrogens (tertiary/aromatic N) is 1. The highest BCUT2D eigenvalue weighted by Crippen LogP contribution is 2.25. The second-order valence-electron chi connectivity index (χ2n) is 8.12. The minimum atomic E-state index is -0.948. The van der Waals surface area contributed by atoms with Crippen LogP contribution in [-0.2, 0) is 11.4 Å². The Morgan fingerprint density at radius 2 is 1.72 bits per heavy atom. The van der Waals surface area contributed by atoms with Crippen LogP contribution in [0.5, 0.6) is 5.75 Å².